The van der Waals surface area contributed by atoms with Crippen LogP contribution in [0.5, 0.6) is 0 Å². The fourth-order valence-electron chi connectivity index (χ4n) is 2.30. The van der Waals surface area contributed by atoms with Crippen LogP contribution >= 0.6 is 11.6 Å². The van der Waals surface area contributed by atoms with Crippen molar-refractivity contribution in [2.75, 3.05) is 13.2 Å². The van der Waals surface area contributed by atoms with Gasteiger partial charge in [0, 0.05) is 31.0 Å². The SMILES string of the molecule is Cc1cc(Cl)c(C(=O)NCC(CO)Cc2ccccn2)cc1C. The topological polar surface area (TPSA) is 62.2 Å². The molecule has 5 heteroatoms. The van der Waals surface area contributed by atoms with Crippen LogP contribution in [-0.4, -0.2) is 29.1 Å². The number of carbonyl (C=O) groups excluding carboxylic acids is 1. The second-order valence-corrected chi connectivity index (χ2v) is 6.11. The third-order valence-electron chi connectivity index (χ3n) is 3.86. The summed E-state index contributed by atoms with van der Waals surface area (Å²) in [6.07, 6.45) is 2.33. The summed E-state index contributed by atoms with van der Waals surface area (Å²) in [6, 6.07) is 9.25. The van der Waals surface area contributed by atoms with E-state index in [1.54, 1.807) is 18.3 Å². The van der Waals surface area contributed by atoms with Crippen molar-refractivity contribution in [1.29, 1.82) is 0 Å². The Morgan fingerprint density at radius 1 is 1.30 bits per heavy atom. The van der Waals surface area contributed by atoms with Gasteiger partial charge in [-0.25, -0.2) is 0 Å². The largest absolute Gasteiger partial charge is 0.396 e. The van der Waals surface area contributed by atoms with Gasteiger partial charge in [-0.2, -0.15) is 0 Å². The molecule has 2 aromatic rings. The molecular weight excluding hydrogens is 312 g/mol. The van der Waals surface area contributed by atoms with Gasteiger partial charge in [-0.15, -0.1) is 0 Å². The van der Waals surface area contributed by atoms with Gasteiger partial charge in [-0.1, -0.05) is 17.7 Å². The van der Waals surface area contributed by atoms with Gasteiger partial charge >= 0.3 is 0 Å². The molecule has 0 fully saturated rings. The van der Waals surface area contributed by atoms with Crippen molar-refractivity contribution < 1.29 is 9.90 Å². The Balaban J connectivity index is 1.98. The van der Waals surface area contributed by atoms with Crippen molar-refractivity contribution in [2.24, 2.45) is 5.92 Å². The molecule has 0 spiro atoms. The molecule has 0 radical (unpaired) electrons. The molecule has 0 saturated heterocycles. The van der Waals surface area contributed by atoms with Gasteiger partial charge < -0.3 is 10.4 Å². The van der Waals surface area contributed by atoms with Gasteiger partial charge in [0.25, 0.3) is 5.91 Å². The number of aromatic nitrogens is 1. The van der Waals surface area contributed by atoms with E-state index in [-0.39, 0.29) is 18.4 Å². The maximum atomic E-state index is 12.3. The first-order valence-electron chi connectivity index (χ1n) is 7.57. The standard InChI is InChI=1S/C18H21ClN2O2/c1-12-7-16(17(19)8-13(12)2)18(23)21-10-14(11-22)9-15-5-3-4-6-20-15/h3-8,14,22H,9-11H2,1-2H3,(H,21,23). The number of aryl methyl sites for hydroxylation is 2. The van der Waals surface area contributed by atoms with Crippen LogP contribution in [0.1, 0.15) is 27.2 Å². The summed E-state index contributed by atoms with van der Waals surface area (Å²) in [5, 5.41) is 12.8. The Morgan fingerprint density at radius 3 is 2.70 bits per heavy atom. The zero-order valence-corrected chi connectivity index (χ0v) is 14.1. The van der Waals surface area contributed by atoms with E-state index < -0.39 is 0 Å². The number of rotatable bonds is 6. The number of aliphatic hydroxyl groups is 1. The summed E-state index contributed by atoms with van der Waals surface area (Å²) in [6.45, 7) is 4.25. The van der Waals surface area contributed by atoms with E-state index in [9.17, 15) is 9.90 Å². The maximum absolute atomic E-state index is 12.3. The summed E-state index contributed by atoms with van der Waals surface area (Å²) in [7, 11) is 0. The first-order chi connectivity index (χ1) is 11.0. The second-order valence-electron chi connectivity index (χ2n) is 5.70. The van der Waals surface area contributed by atoms with Crippen molar-refractivity contribution in [3.05, 3.63) is 63.9 Å². The van der Waals surface area contributed by atoms with E-state index >= 15 is 0 Å². The highest BCUT2D eigenvalue weighted by Crippen LogP contribution is 2.20. The van der Waals surface area contributed by atoms with Crippen molar-refractivity contribution in [2.45, 2.75) is 20.3 Å². The van der Waals surface area contributed by atoms with E-state index in [2.05, 4.69) is 10.3 Å². The average molecular weight is 333 g/mol. The fraction of sp³-hybridized carbons (Fsp3) is 0.333. The number of nitrogens with zero attached hydrogens (tertiary/aromatic N) is 1. The van der Waals surface area contributed by atoms with E-state index in [1.165, 1.54) is 0 Å². The van der Waals surface area contributed by atoms with E-state index in [4.69, 9.17) is 11.6 Å². The lowest BCUT2D eigenvalue weighted by molar-refractivity contribution is 0.0940. The molecule has 1 amide bonds. The molecule has 2 N–H and O–H groups in total. The van der Waals surface area contributed by atoms with Crippen LogP contribution < -0.4 is 5.32 Å². The molecule has 0 aliphatic heterocycles. The Morgan fingerprint density at radius 2 is 2.04 bits per heavy atom. The zero-order chi connectivity index (χ0) is 16.8. The quantitative estimate of drug-likeness (QED) is 0.855. The zero-order valence-electron chi connectivity index (χ0n) is 13.3. The first kappa shape index (κ1) is 17.4. The van der Waals surface area contributed by atoms with Crippen LogP contribution in [-0.2, 0) is 6.42 Å². The number of hydrogen-bond acceptors (Lipinski definition) is 3. The van der Waals surface area contributed by atoms with E-state index in [0.717, 1.165) is 16.8 Å². The molecule has 1 aromatic carbocycles. The van der Waals surface area contributed by atoms with Crippen LogP contribution in [0.25, 0.3) is 0 Å². The molecule has 1 heterocycles. The molecule has 2 rings (SSSR count). The molecule has 1 aromatic heterocycles. The molecule has 23 heavy (non-hydrogen) atoms. The number of carbonyl (C=O) groups is 1. The van der Waals surface area contributed by atoms with Gasteiger partial charge in [0.1, 0.15) is 0 Å². The van der Waals surface area contributed by atoms with Gasteiger partial charge in [0.05, 0.1) is 10.6 Å². The fourth-order valence-corrected chi connectivity index (χ4v) is 2.61. The Labute approximate surface area is 141 Å². The number of halogens is 1. The highest BCUT2D eigenvalue weighted by molar-refractivity contribution is 6.34. The average Bonchev–Trinajstić information content (AvgIpc) is 2.55. The molecule has 4 nitrogen and oxygen atoms in total. The Kier molecular flexibility index (Phi) is 6.13. The van der Waals surface area contributed by atoms with Crippen LogP contribution in [0.2, 0.25) is 5.02 Å². The predicted molar refractivity (Wildman–Crippen MR) is 91.8 cm³/mol. The smallest absolute Gasteiger partial charge is 0.252 e. The van der Waals surface area contributed by atoms with Crippen molar-refractivity contribution >= 4 is 17.5 Å². The molecule has 0 bridgehead atoms. The van der Waals surface area contributed by atoms with Gasteiger partial charge in [0.2, 0.25) is 0 Å². The summed E-state index contributed by atoms with van der Waals surface area (Å²) < 4.78 is 0. The molecular formula is C18H21ClN2O2. The van der Waals surface area contributed by atoms with Gasteiger partial charge in [-0.05, 0) is 55.7 Å². The summed E-state index contributed by atoms with van der Waals surface area (Å²) >= 11 is 6.16. The number of pyridine rings is 1. The van der Waals surface area contributed by atoms with E-state index in [0.29, 0.717) is 23.6 Å². The highest BCUT2D eigenvalue weighted by Gasteiger charge is 2.15. The second kappa shape index (κ2) is 8.09. The molecule has 0 aliphatic carbocycles. The molecule has 0 aliphatic rings. The third kappa shape index (κ3) is 4.78. The normalized spacial score (nSPS) is 12.0. The Hall–Kier alpha value is -1.91. The minimum Gasteiger partial charge on any atom is -0.396 e. The minimum atomic E-state index is -0.224. The van der Waals surface area contributed by atoms with Crippen molar-refractivity contribution in [3.8, 4) is 0 Å². The van der Waals surface area contributed by atoms with E-state index in [1.807, 2.05) is 32.0 Å². The van der Waals surface area contributed by atoms with Gasteiger partial charge in [0.15, 0.2) is 0 Å². The lowest BCUT2D eigenvalue weighted by Gasteiger charge is -2.15. The minimum absolute atomic E-state index is 0.0164. The summed E-state index contributed by atoms with van der Waals surface area (Å²) in [5.74, 6) is -0.309. The molecule has 122 valence electrons. The predicted octanol–water partition coefficient (Wildman–Crippen LogP) is 2.93. The lowest BCUT2D eigenvalue weighted by Crippen LogP contribution is -2.32. The van der Waals surface area contributed by atoms with Crippen molar-refractivity contribution in [3.63, 3.8) is 0 Å². The van der Waals surface area contributed by atoms with Crippen LogP contribution in [0.15, 0.2) is 36.5 Å². The number of benzene rings is 1. The number of hydrogen-bond donors (Lipinski definition) is 2. The lowest BCUT2D eigenvalue weighted by atomic mass is 10.0. The number of nitrogens with one attached hydrogen (secondary N) is 1. The molecule has 1 unspecified atom stereocenters. The third-order valence-corrected chi connectivity index (χ3v) is 4.17. The molecule has 0 saturated carbocycles. The van der Waals surface area contributed by atoms with Crippen LogP contribution in [0.3, 0.4) is 0 Å². The van der Waals surface area contributed by atoms with Crippen LogP contribution in [0.4, 0.5) is 0 Å². The Bertz CT molecular complexity index is 674. The van der Waals surface area contributed by atoms with Gasteiger partial charge in [-0.3, -0.25) is 9.78 Å². The maximum Gasteiger partial charge on any atom is 0.252 e. The summed E-state index contributed by atoms with van der Waals surface area (Å²) in [5.41, 5.74) is 3.43. The van der Waals surface area contributed by atoms with Crippen molar-refractivity contribution in [1.82, 2.24) is 10.3 Å². The first-order valence-corrected chi connectivity index (χ1v) is 7.94. The van der Waals surface area contributed by atoms with Crippen LogP contribution in [0, 0.1) is 19.8 Å². The number of aliphatic hydroxyl groups excluding tert-OH is 1. The number of amides is 1. The monoisotopic (exact) mass is 332 g/mol. The molecule has 1 atom stereocenters. The summed E-state index contributed by atoms with van der Waals surface area (Å²) in [4.78, 5) is 16.6. The highest BCUT2D eigenvalue weighted by atomic mass is 35.5.